The highest BCUT2D eigenvalue weighted by molar-refractivity contribution is 6.30. The number of carboxylic acid groups (broad SMARTS) is 1. The second-order valence-electron chi connectivity index (χ2n) is 3.97. The van der Waals surface area contributed by atoms with Crippen LogP contribution >= 0.6 is 11.6 Å². The quantitative estimate of drug-likeness (QED) is 0.807. The van der Waals surface area contributed by atoms with E-state index in [1.807, 2.05) is 0 Å². The Hall–Kier alpha value is -2.53. The van der Waals surface area contributed by atoms with Gasteiger partial charge in [-0.3, -0.25) is 10.1 Å². The molecule has 2 amide bonds. The number of carbonyl (C=O) groups is 2. The van der Waals surface area contributed by atoms with E-state index in [-0.39, 0.29) is 5.91 Å². The van der Waals surface area contributed by atoms with Gasteiger partial charge in [-0.25, -0.2) is 4.79 Å². The van der Waals surface area contributed by atoms with Crippen LogP contribution in [0.3, 0.4) is 0 Å². The van der Waals surface area contributed by atoms with E-state index in [9.17, 15) is 9.59 Å². The van der Waals surface area contributed by atoms with Crippen LogP contribution in [0.25, 0.3) is 0 Å². The maximum atomic E-state index is 11.9. The van der Waals surface area contributed by atoms with E-state index in [2.05, 4.69) is 10.6 Å². The van der Waals surface area contributed by atoms with Crippen molar-refractivity contribution < 1.29 is 14.7 Å². The molecule has 0 radical (unpaired) electrons. The van der Waals surface area contributed by atoms with Crippen LogP contribution in [0.15, 0.2) is 48.5 Å². The SMILES string of the molecule is O=C(O)Nc1ccc(NC(=O)c2ccc(Cl)cc2)cc1. The lowest BCUT2D eigenvalue weighted by Gasteiger charge is -2.06. The number of nitrogens with one attached hydrogen (secondary N) is 2. The van der Waals surface area contributed by atoms with Crippen molar-refractivity contribution in [1.29, 1.82) is 0 Å². The maximum absolute atomic E-state index is 11.9. The lowest BCUT2D eigenvalue weighted by molar-refractivity contribution is 0.102. The molecule has 0 bridgehead atoms. The molecule has 2 rings (SSSR count). The Morgan fingerprint density at radius 3 is 1.85 bits per heavy atom. The van der Waals surface area contributed by atoms with Gasteiger partial charge in [0.2, 0.25) is 0 Å². The smallest absolute Gasteiger partial charge is 0.409 e. The first-order chi connectivity index (χ1) is 9.54. The van der Waals surface area contributed by atoms with Crippen molar-refractivity contribution in [3.05, 3.63) is 59.1 Å². The van der Waals surface area contributed by atoms with Gasteiger partial charge in [-0.2, -0.15) is 0 Å². The van der Waals surface area contributed by atoms with Gasteiger partial charge in [0.1, 0.15) is 0 Å². The number of anilines is 2. The third-order valence-electron chi connectivity index (χ3n) is 2.50. The molecule has 0 aliphatic heterocycles. The fourth-order valence-electron chi connectivity index (χ4n) is 1.56. The molecule has 0 aromatic heterocycles. The van der Waals surface area contributed by atoms with Crippen LogP contribution in [0.4, 0.5) is 16.2 Å². The number of halogens is 1. The zero-order chi connectivity index (χ0) is 14.5. The Labute approximate surface area is 120 Å². The topological polar surface area (TPSA) is 78.4 Å². The Morgan fingerprint density at radius 1 is 0.850 bits per heavy atom. The van der Waals surface area contributed by atoms with Crippen LogP contribution in [-0.2, 0) is 0 Å². The minimum atomic E-state index is -1.14. The summed E-state index contributed by atoms with van der Waals surface area (Å²) in [6, 6.07) is 12.9. The normalized spacial score (nSPS) is 9.85. The highest BCUT2D eigenvalue weighted by Crippen LogP contribution is 2.15. The zero-order valence-electron chi connectivity index (χ0n) is 10.3. The van der Waals surface area contributed by atoms with Gasteiger partial charge >= 0.3 is 6.09 Å². The number of hydrogen-bond acceptors (Lipinski definition) is 2. The van der Waals surface area contributed by atoms with Gasteiger partial charge in [-0.1, -0.05) is 11.6 Å². The lowest BCUT2D eigenvalue weighted by Crippen LogP contribution is -2.12. The molecule has 0 fully saturated rings. The average molecular weight is 291 g/mol. The van der Waals surface area contributed by atoms with Gasteiger partial charge in [-0.05, 0) is 48.5 Å². The summed E-state index contributed by atoms with van der Waals surface area (Å²) in [4.78, 5) is 22.4. The van der Waals surface area contributed by atoms with Crippen LogP contribution in [0.5, 0.6) is 0 Å². The third-order valence-corrected chi connectivity index (χ3v) is 2.75. The molecule has 20 heavy (non-hydrogen) atoms. The second kappa shape index (κ2) is 6.08. The molecule has 0 spiro atoms. The van der Waals surface area contributed by atoms with Crippen LogP contribution in [0, 0.1) is 0 Å². The molecule has 6 heteroatoms. The molecule has 5 nitrogen and oxygen atoms in total. The van der Waals surface area contributed by atoms with Crippen LogP contribution < -0.4 is 10.6 Å². The number of amides is 2. The summed E-state index contributed by atoms with van der Waals surface area (Å²) < 4.78 is 0. The van der Waals surface area contributed by atoms with E-state index >= 15 is 0 Å². The fourth-order valence-corrected chi connectivity index (χ4v) is 1.69. The van der Waals surface area contributed by atoms with E-state index in [4.69, 9.17) is 16.7 Å². The van der Waals surface area contributed by atoms with Gasteiger partial charge in [-0.15, -0.1) is 0 Å². The van der Waals surface area contributed by atoms with Crippen LogP contribution in [-0.4, -0.2) is 17.1 Å². The van der Waals surface area contributed by atoms with Crippen molar-refractivity contribution in [3.63, 3.8) is 0 Å². The highest BCUT2D eigenvalue weighted by atomic mass is 35.5. The molecule has 0 aliphatic rings. The minimum Gasteiger partial charge on any atom is -0.465 e. The Morgan fingerprint density at radius 2 is 1.35 bits per heavy atom. The largest absolute Gasteiger partial charge is 0.465 e. The summed E-state index contributed by atoms with van der Waals surface area (Å²) in [7, 11) is 0. The predicted molar refractivity (Wildman–Crippen MR) is 77.5 cm³/mol. The van der Waals surface area contributed by atoms with Crippen LogP contribution in [0.2, 0.25) is 5.02 Å². The zero-order valence-corrected chi connectivity index (χ0v) is 11.0. The van der Waals surface area contributed by atoms with Crippen molar-refractivity contribution in [3.8, 4) is 0 Å². The van der Waals surface area contributed by atoms with Gasteiger partial charge in [0, 0.05) is 22.0 Å². The summed E-state index contributed by atoms with van der Waals surface area (Å²) in [6.07, 6.45) is -1.14. The molecule has 3 N–H and O–H groups in total. The van der Waals surface area contributed by atoms with Gasteiger partial charge in [0.15, 0.2) is 0 Å². The van der Waals surface area contributed by atoms with Crippen molar-refractivity contribution in [1.82, 2.24) is 0 Å². The van der Waals surface area contributed by atoms with E-state index < -0.39 is 6.09 Å². The molecule has 2 aromatic rings. The number of hydrogen-bond donors (Lipinski definition) is 3. The standard InChI is InChI=1S/C14H11ClN2O3/c15-10-3-1-9(2-4-10)13(18)16-11-5-7-12(8-6-11)17-14(19)20/h1-8,17H,(H,16,18)(H,19,20). The molecule has 0 saturated heterocycles. The Bertz CT molecular complexity index is 624. The van der Waals surface area contributed by atoms with Gasteiger partial charge < -0.3 is 10.4 Å². The van der Waals surface area contributed by atoms with E-state index in [1.54, 1.807) is 48.5 Å². The summed E-state index contributed by atoms with van der Waals surface area (Å²) in [5, 5.41) is 14.0. The van der Waals surface area contributed by atoms with Crippen molar-refractivity contribution in [2.24, 2.45) is 0 Å². The Balaban J connectivity index is 2.04. The number of carbonyl (C=O) groups excluding carboxylic acids is 1. The lowest BCUT2D eigenvalue weighted by atomic mass is 10.2. The van der Waals surface area contributed by atoms with Crippen molar-refractivity contribution in [2.75, 3.05) is 10.6 Å². The minimum absolute atomic E-state index is 0.263. The van der Waals surface area contributed by atoms with Crippen molar-refractivity contribution >= 4 is 35.0 Å². The average Bonchev–Trinajstić information content (AvgIpc) is 2.41. The monoisotopic (exact) mass is 290 g/mol. The van der Waals surface area contributed by atoms with Crippen LogP contribution in [0.1, 0.15) is 10.4 Å². The van der Waals surface area contributed by atoms with E-state index in [1.165, 1.54) is 0 Å². The number of rotatable bonds is 3. The molecule has 102 valence electrons. The molecular formula is C14H11ClN2O3. The summed E-state index contributed by atoms with van der Waals surface area (Å²) in [5.41, 5.74) is 1.49. The fraction of sp³-hybridized carbons (Fsp3) is 0. The molecular weight excluding hydrogens is 280 g/mol. The predicted octanol–water partition coefficient (Wildman–Crippen LogP) is 3.68. The van der Waals surface area contributed by atoms with E-state index in [0.29, 0.717) is 22.0 Å². The molecule has 0 aliphatic carbocycles. The summed E-state index contributed by atoms with van der Waals surface area (Å²) in [5.74, 6) is -0.263. The molecule has 2 aromatic carbocycles. The van der Waals surface area contributed by atoms with Crippen molar-refractivity contribution in [2.45, 2.75) is 0 Å². The summed E-state index contributed by atoms with van der Waals surface area (Å²) in [6.45, 7) is 0. The second-order valence-corrected chi connectivity index (χ2v) is 4.40. The first-order valence-corrected chi connectivity index (χ1v) is 6.09. The third kappa shape index (κ3) is 3.73. The van der Waals surface area contributed by atoms with E-state index in [0.717, 1.165) is 0 Å². The Kier molecular flexibility index (Phi) is 4.22. The maximum Gasteiger partial charge on any atom is 0.409 e. The highest BCUT2D eigenvalue weighted by Gasteiger charge is 2.06. The summed E-state index contributed by atoms with van der Waals surface area (Å²) >= 11 is 5.75. The van der Waals surface area contributed by atoms with Gasteiger partial charge in [0.25, 0.3) is 5.91 Å². The number of benzene rings is 2. The molecule has 0 atom stereocenters. The molecule has 0 saturated carbocycles. The molecule has 0 heterocycles. The molecule has 0 unspecified atom stereocenters. The van der Waals surface area contributed by atoms with Gasteiger partial charge in [0.05, 0.1) is 0 Å². The first-order valence-electron chi connectivity index (χ1n) is 5.71. The first kappa shape index (κ1) is 13.9.